The molecule has 2 N–H and O–H groups in total. The molecule has 0 bridgehead atoms. The molecule has 0 saturated heterocycles. The van der Waals surface area contributed by atoms with Crippen molar-refractivity contribution >= 4 is 29.4 Å². The highest BCUT2D eigenvalue weighted by Crippen LogP contribution is 2.39. The molecule has 8 nitrogen and oxygen atoms in total. The fraction of sp³-hybridized carbons (Fsp3) is 0.304. The molecule has 1 aliphatic carbocycles. The number of nitrogens with one attached hydrogen (secondary N) is 1. The van der Waals surface area contributed by atoms with Gasteiger partial charge >= 0.3 is 12.1 Å². The Balaban J connectivity index is 1.62. The number of carbonyl (C=O) groups is 3. The molecule has 1 saturated carbocycles. The maximum Gasteiger partial charge on any atom is 0.409 e. The molecule has 8 heteroatoms. The molecule has 0 radical (unpaired) electrons. The molecule has 4 rings (SSSR count). The van der Waals surface area contributed by atoms with Crippen molar-refractivity contribution in [3.05, 3.63) is 65.2 Å². The number of rotatable bonds is 6. The Morgan fingerprint density at radius 3 is 2.58 bits per heavy atom. The van der Waals surface area contributed by atoms with Gasteiger partial charge in [-0.1, -0.05) is 48.5 Å². The summed E-state index contributed by atoms with van der Waals surface area (Å²) in [6, 6.07) is 14.7. The fourth-order valence-electron chi connectivity index (χ4n) is 3.69. The van der Waals surface area contributed by atoms with Crippen molar-refractivity contribution in [2.75, 3.05) is 11.4 Å². The number of fused-ring (bicyclic) bond motifs is 1. The Labute approximate surface area is 179 Å². The predicted molar refractivity (Wildman–Crippen MR) is 114 cm³/mol. The number of carboxylic acid groups (broad SMARTS) is 1. The molecular weight excluding hydrogens is 398 g/mol. The van der Waals surface area contributed by atoms with Gasteiger partial charge in [-0.05, 0) is 30.9 Å². The van der Waals surface area contributed by atoms with E-state index in [2.05, 4.69) is 10.3 Å². The highest BCUT2D eigenvalue weighted by molar-refractivity contribution is 6.16. The number of aliphatic carboxylic acids is 1. The van der Waals surface area contributed by atoms with E-state index < -0.39 is 30.7 Å². The molecule has 1 aliphatic heterocycles. The molecule has 0 aromatic heterocycles. The minimum absolute atomic E-state index is 0.0466. The Kier molecular flexibility index (Phi) is 5.70. The van der Waals surface area contributed by atoms with Gasteiger partial charge in [0.2, 0.25) is 6.17 Å². The van der Waals surface area contributed by atoms with E-state index in [0.29, 0.717) is 11.4 Å². The van der Waals surface area contributed by atoms with E-state index in [1.54, 1.807) is 0 Å². The van der Waals surface area contributed by atoms with E-state index in [4.69, 9.17) is 4.74 Å². The first kappa shape index (κ1) is 20.6. The molecule has 2 aliphatic rings. The maximum absolute atomic E-state index is 13.3. The number of alkyl carbamates (subject to hydrolysis) is 1. The summed E-state index contributed by atoms with van der Waals surface area (Å²) < 4.78 is 5.24. The lowest BCUT2D eigenvalue weighted by molar-refractivity contribution is -0.136. The fourth-order valence-corrected chi connectivity index (χ4v) is 3.69. The van der Waals surface area contributed by atoms with Crippen LogP contribution in [0.15, 0.2) is 53.5 Å². The van der Waals surface area contributed by atoms with Crippen LogP contribution in [0.3, 0.4) is 0 Å². The summed E-state index contributed by atoms with van der Waals surface area (Å²) in [5.74, 6) is -1.57. The van der Waals surface area contributed by atoms with Gasteiger partial charge in [-0.2, -0.15) is 0 Å². The minimum atomic E-state index is -1.26. The molecule has 1 fully saturated rings. The third-order valence-electron chi connectivity index (χ3n) is 5.28. The van der Waals surface area contributed by atoms with Gasteiger partial charge in [-0.3, -0.25) is 24.8 Å². The Bertz CT molecular complexity index is 1050. The van der Waals surface area contributed by atoms with Crippen molar-refractivity contribution in [3.8, 4) is 0 Å². The van der Waals surface area contributed by atoms with Crippen molar-refractivity contribution < 1.29 is 24.2 Å². The number of carboxylic acids is 1. The summed E-state index contributed by atoms with van der Waals surface area (Å²) in [6.07, 6.45) is -0.182. The zero-order valence-electron chi connectivity index (χ0n) is 17.1. The first-order valence-electron chi connectivity index (χ1n) is 10.1. The summed E-state index contributed by atoms with van der Waals surface area (Å²) >= 11 is 0. The molecule has 31 heavy (non-hydrogen) atoms. The Morgan fingerprint density at radius 1 is 1.16 bits per heavy atom. The molecule has 2 amide bonds. The van der Waals surface area contributed by atoms with E-state index in [0.717, 1.165) is 29.5 Å². The standard InChI is InChI=1S/C23H23N3O5/c1-14-6-5-9-17-19(16-10-11-16)24-21(22(29)26(20(14)17)12-18(27)28)25-23(30)31-13-15-7-3-2-4-8-15/h2-9,16,21H,10-13H2,1H3,(H,25,30)(H,27,28). The van der Waals surface area contributed by atoms with Crippen LogP contribution in [0.25, 0.3) is 0 Å². The van der Waals surface area contributed by atoms with Crippen LogP contribution in [0.2, 0.25) is 0 Å². The maximum atomic E-state index is 13.3. The van der Waals surface area contributed by atoms with Crippen molar-refractivity contribution in [2.45, 2.75) is 32.5 Å². The van der Waals surface area contributed by atoms with Crippen molar-refractivity contribution in [1.29, 1.82) is 0 Å². The first-order chi connectivity index (χ1) is 14.9. The number of para-hydroxylation sites is 1. The highest BCUT2D eigenvalue weighted by Gasteiger charge is 2.39. The zero-order chi connectivity index (χ0) is 22.0. The summed E-state index contributed by atoms with van der Waals surface area (Å²) in [6.45, 7) is 1.35. The second kappa shape index (κ2) is 8.59. The number of benzene rings is 2. The monoisotopic (exact) mass is 421 g/mol. The number of amides is 2. The normalized spacial score (nSPS) is 18.0. The smallest absolute Gasteiger partial charge is 0.409 e. The van der Waals surface area contributed by atoms with Gasteiger partial charge in [0, 0.05) is 11.5 Å². The van der Waals surface area contributed by atoms with Crippen LogP contribution in [0.4, 0.5) is 10.5 Å². The lowest BCUT2D eigenvalue weighted by Gasteiger charge is -2.25. The minimum Gasteiger partial charge on any atom is -0.480 e. The molecule has 2 aromatic carbocycles. The third kappa shape index (κ3) is 4.58. The number of ether oxygens (including phenoxy) is 1. The number of hydrogen-bond acceptors (Lipinski definition) is 5. The third-order valence-corrected chi connectivity index (χ3v) is 5.28. The number of aliphatic imine (C=N–C) groups is 1. The van der Waals surface area contributed by atoms with Crippen LogP contribution in [0.5, 0.6) is 0 Å². The van der Waals surface area contributed by atoms with E-state index in [9.17, 15) is 19.5 Å². The van der Waals surface area contributed by atoms with Crippen molar-refractivity contribution in [1.82, 2.24) is 5.32 Å². The van der Waals surface area contributed by atoms with E-state index in [-0.39, 0.29) is 12.5 Å². The summed E-state index contributed by atoms with van der Waals surface area (Å²) in [4.78, 5) is 43.0. The Morgan fingerprint density at radius 2 is 1.90 bits per heavy atom. The lowest BCUT2D eigenvalue weighted by Crippen LogP contribution is -2.49. The first-order valence-corrected chi connectivity index (χ1v) is 10.1. The van der Waals surface area contributed by atoms with E-state index in [1.807, 2.05) is 55.5 Å². The average Bonchev–Trinajstić information content (AvgIpc) is 3.59. The molecule has 0 spiro atoms. The second-order valence-corrected chi connectivity index (χ2v) is 7.69. The van der Waals surface area contributed by atoms with Gasteiger partial charge in [0.15, 0.2) is 0 Å². The van der Waals surface area contributed by atoms with Crippen LogP contribution in [0.1, 0.15) is 29.5 Å². The summed E-state index contributed by atoms with van der Waals surface area (Å²) in [5, 5.41) is 11.9. The van der Waals surface area contributed by atoms with Gasteiger partial charge < -0.3 is 9.84 Å². The van der Waals surface area contributed by atoms with Gasteiger partial charge in [-0.15, -0.1) is 0 Å². The Hall–Kier alpha value is -3.68. The second-order valence-electron chi connectivity index (χ2n) is 7.69. The quantitative estimate of drug-likeness (QED) is 0.746. The van der Waals surface area contributed by atoms with E-state index in [1.165, 1.54) is 4.90 Å². The van der Waals surface area contributed by atoms with Gasteiger partial charge in [0.25, 0.3) is 5.91 Å². The van der Waals surface area contributed by atoms with Crippen LogP contribution in [-0.4, -0.2) is 41.5 Å². The summed E-state index contributed by atoms with van der Waals surface area (Å²) in [7, 11) is 0. The SMILES string of the molecule is Cc1cccc2c1N(CC(=O)O)C(=O)C(NC(=O)OCc1ccccc1)N=C2C1CC1. The van der Waals surface area contributed by atoms with Crippen molar-refractivity contribution in [3.63, 3.8) is 0 Å². The van der Waals surface area contributed by atoms with E-state index >= 15 is 0 Å². The zero-order valence-corrected chi connectivity index (χ0v) is 17.1. The molecule has 1 atom stereocenters. The van der Waals surface area contributed by atoms with Gasteiger partial charge in [0.05, 0.1) is 11.4 Å². The van der Waals surface area contributed by atoms with Crippen molar-refractivity contribution in [2.24, 2.45) is 10.9 Å². The topological polar surface area (TPSA) is 108 Å². The number of benzodiazepines with no additional fused rings is 1. The largest absolute Gasteiger partial charge is 0.480 e. The highest BCUT2D eigenvalue weighted by atomic mass is 16.5. The number of hydrogen-bond donors (Lipinski definition) is 2. The number of carbonyl (C=O) groups excluding carboxylic acids is 2. The molecular formula is C23H23N3O5. The molecule has 2 aromatic rings. The number of anilines is 1. The summed E-state index contributed by atoms with van der Waals surface area (Å²) in [5.41, 5.74) is 3.56. The number of nitrogens with zero attached hydrogens (tertiary/aromatic N) is 2. The molecule has 1 heterocycles. The lowest BCUT2D eigenvalue weighted by atomic mass is 10.00. The predicted octanol–water partition coefficient (Wildman–Crippen LogP) is 2.88. The van der Waals surface area contributed by atoms with Gasteiger partial charge in [0.1, 0.15) is 13.2 Å². The van der Waals surface area contributed by atoms with Crippen LogP contribution < -0.4 is 10.2 Å². The molecule has 160 valence electrons. The van der Waals surface area contributed by atoms with Crippen LogP contribution in [0, 0.1) is 12.8 Å². The number of aryl methyl sites for hydroxylation is 1. The average molecular weight is 421 g/mol. The van der Waals surface area contributed by atoms with Crippen LogP contribution in [-0.2, 0) is 20.9 Å². The molecule has 1 unspecified atom stereocenters. The van der Waals surface area contributed by atoms with Crippen LogP contribution >= 0.6 is 0 Å². The van der Waals surface area contributed by atoms with Gasteiger partial charge in [-0.25, -0.2) is 4.79 Å².